The van der Waals surface area contributed by atoms with Crippen LogP contribution in [0.2, 0.25) is 0 Å². The van der Waals surface area contributed by atoms with E-state index in [0.29, 0.717) is 6.61 Å². The molecule has 1 aliphatic rings. The maximum absolute atomic E-state index is 10.7. The van der Waals surface area contributed by atoms with Gasteiger partial charge in [-0.25, -0.2) is 0 Å². The number of ketones is 1. The molecule has 0 aliphatic carbocycles. The van der Waals surface area contributed by atoms with Crippen molar-refractivity contribution < 1.29 is 19.0 Å². The monoisotopic (exact) mass is 208 g/mol. The van der Waals surface area contributed by atoms with Crippen molar-refractivity contribution in [2.45, 2.75) is 13.5 Å². The lowest BCUT2D eigenvalue weighted by molar-refractivity contribution is -0.121. The van der Waals surface area contributed by atoms with E-state index in [9.17, 15) is 4.79 Å². The van der Waals surface area contributed by atoms with Gasteiger partial charge in [0.1, 0.15) is 6.61 Å². The van der Waals surface area contributed by atoms with E-state index >= 15 is 0 Å². The van der Waals surface area contributed by atoms with Crippen LogP contribution in [0.5, 0.6) is 11.5 Å². The molecule has 2 rings (SSSR count). The molecule has 0 spiro atoms. The highest BCUT2D eigenvalue weighted by molar-refractivity contribution is 5.76. The second-order valence-electron chi connectivity index (χ2n) is 3.38. The molecule has 80 valence electrons. The molecule has 1 aromatic rings. The summed E-state index contributed by atoms with van der Waals surface area (Å²) in [7, 11) is 0. The van der Waals surface area contributed by atoms with E-state index in [2.05, 4.69) is 0 Å². The molecule has 0 saturated carbocycles. The summed E-state index contributed by atoms with van der Waals surface area (Å²) in [6.07, 6.45) is 0. The molecule has 0 N–H and O–H groups in total. The summed E-state index contributed by atoms with van der Waals surface area (Å²) >= 11 is 0. The topological polar surface area (TPSA) is 44.8 Å². The van der Waals surface area contributed by atoms with Gasteiger partial charge in [-0.05, 0) is 24.6 Å². The standard InChI is InChI=1S/C11H12O4/c1-8(12)5-13-6-9-2-3-10-11(4-9)15-7-14-10/h2-4H,5-7H2,1H3. The Morgan fingerprint density at radius 2 is 2.20 bits per heavy atom. The van der Waals surface area contributed by atoms with Gasteiger partial charge in [-0.2, -0.15) is 0 Å². The SMILES string of the molecule is CC(=O)COCc1ccc2c(c1)OCO2. The van der Waals surface area contributed by atoms with E-state index < -0.39 is 0 Å². The molecule has 0 fully saturated rings. The highest BCUT2D eigenvalue weighted by atomic mass is 16.7. The zero-order valence-corrected chi connectivity index (χ0v) is 8.49. The smallest absolute Gasteiger partial charge is 0.231 e. The van der Waals surface area contributed by atoms with Gasteiger partial charge in [0, 0.05) is 0 Å². The molecule has 4 heteroatoms. The molecule has 0 bridgehead atoms. The lowest BCUT2D eigenvalue weighted by Crippen LogP contribution is -2.03. The number of carbonyl (C=O) groups is 1. The molecule has 15 heavy (non-hydrogen) atoms. The molecule has 0 atom stereocenters. The molecular weight excluding hydrogens is 196 g/mol. The second-order valence-corrected chi connectivity index (χ2v) is 3.38. The summed E-state index contributed by atoms with van der Waals surface area (Å²) in [5.41, 5.74) is 0.973. The maximum atomic E-state index is 10.7. The van der Waals surface area contributed by atoms with Gasteiger partial charge >= 0.3 is 0 Å². The number of carbonyl (C=O) groups excluding carboxylic acids is 1. The van der Waals surface area contributed by atoms with Crippen LogP contribution < -0.4 is 9.47 Å². The van der Waals surface area contributed by atoms with Crippen molar-refractivity contribution in [1.82, 2.24) is 0 Å². The van der Waals surface area contributed by atoms with E-state index in [-0.39, 0.29) is 19.2 Å². The summed E-state index contributed by atoms with van der Waals surface area (Å²) in [6.45, 7) is 2.33. The highest BCUT2D eigenvalue weighted by Gasteiger charge is 2.12. The van der Waals surface area contributed by atoms with Gasteiger partial charge in [-0.15, -0.1) is 0 Å². The fourth-order valence-electron chi connectivity index (χ4n) is 1.34. The molecule has 0 saturated heterocycles. The van der Waals surface area contributed by atoms with E-state index in [1.807, 2.05) is 18.2 Å². The Balaban J connectivity index is 1.95. The zero-order chi connectivity index (χ0) is 10.7. The van der Waals surface area contributed by atoms with Crippen molar-refractivity contribution in [3.05, 3.63) is 23.8 Å². The number of ether oxygens (including phenoxy) is 3. The normalized spacial score (nSPS) is 12.9. The van der Waals surface area contributed by atoms with Crippen LogP contribution in [0.1, 0.15) is 12.5 Å². The summed E-state index contributed by atoms with van der Waals surface area (Å²) in [5.74, 6) is 1.51. The quantitative estimate of drug-likeness (QED) is 0.752. The van der Waals surface area contributed by atoms with Crippen molar-refractivity contribution >= 4 is 5.78 Å². The van der Waals surface area contributed by atoms with E-state index in [0.717, 1.165) is 17.1 Å². The minimum absolute atomic E-state index is 0.0238. The fraction of sp³-hybridized carbons (Fsp3) is 0.364. The number of Topliss-reactive ketones (excluding diaryl/α,β-unsaturated/α-hetero) is 1. The van der Waals surface area contributed by atoms with Gasteiger partial charge in [-0.1, -0.05) is 6.07 Å². The summed E-state index contributed by atoms with van der Waals surface area (Å²) < 4.78 is 15.6. The third-order valence-electron chi connectivity index (χ3n) is 2.01. The van der Waals surface area contributed by atoms with Crippen LogP contribution in [-0.2, 0) is 16.1 Å². The van der Waals surface area contributed by atoms with Gasteiger partial charge < -0.3 is 14.2 Å². The molecule has 0 aromatic heterocycles. The zero-order valence-electron chi connectivity index (χ0n) is 8.49. The van der Waals surface area contributed by atoms with Crippen LogP contribution in [0, 0.1) is 0 Å². The second kappa shape index (κ2) is 4.31. The first-order valence-corrected chi connectivity index (χ1v) is 4.71. The van der Waals surface area contributed by atoms with Crippen LogP contribution in [-0.4, -0.2) is 19.2 Å². The van der Waals surface area contributed by atoms with Gasteiger partial charge in [0.25, 0.3) is 0 Å². The maximum Gasteiger partial charge on any atom is 0.231 e. The third-order valence-corrected chi connectivity index (χ3v) is 2.01. The summed E-state index contributed by atoms with van der Waals surface area (Å²) in [6, 6.07) is 5.60. The first-order valence-electron chi connectivity index (χ1n) is 4.71. The Morgan fingerprint density at radius 1 is 1.40 bits per heavy atom. The Labute approximate surface area is 87.8 Å². The number of hydrogen-bond acceptors (Lipinski definition) is 4. The van der Waals surface area contributed by atoms with Gasteiger partial charge in [0.05, 0.1) is 6.61 Å². The first-order chi connectivity index (χ1) is 7.25. The van der Waals surface area contributed by atoms with Crippen LogP contribution >= 0.6 is 0 Å². The number of fused-ring (bicyclic) bond motifs is 1. The molecule has 1 heterocycles. The Morgan fingerprint density at radius 3 is 3.00 bits per heavy atom. The average molecular weight is 208 g/mol. The summed E-state index contributed by atoms with van der Waals surface area (Å²) in [4.78, 5) is 10.7. The molecule has 0 amide bonds. The molecule has 0 radical (unpaired) electrons. The largest absolute Gasteiger partial charge is 0.454 e. The van der Waals surface area contributed by atoms with Crippen molar-refractivity contribution in [1.29, 1.82) is 0 Å². The van der Waals surface area contributed by atoms with E-state index in [1.165, 1.54) is 6.92 Å². The molecule has 4 nitrogen and oxygen atoms in total. The first kappa shape index (κ1) is 9.98. The minimum Gasteiger partial charge on any atom is -0.454 e. The molecule has 1 aromatic carbocycles. The average Bonchev–Trinajstić information content (AvgIpc) is 2.64. The number of benzene rings is 1. The predicted molar refractivity (Wildman–Crippen MR) is 52.9 cm³/mol. The van der Waals surface area contributed by atoms with E-state index in [4.69, 9.17) is 14.2 Å². The van der Waals surface area contributed by atoms with Crippen molar-refractivity contribution in [3.63, 3.8) is 0 Å². The van der Waals surface area contributed by atoms with Gasteiger partial charge in [-0.3, -0.25) is 4.79 Å². The minimum atomic E-state index is 0.0238. The van der Waals surface area contributed by atoms with E-state index in [1.54, 1.807) is 0 Å². The Bertz CT molecular complexity index is 373. The lowest BCUT2D eigenvalue weighted by Gasteiger charge is -2.03. The Kier molecular flexibility index (Phi) is 2.87. The third kappa shape index (κ3) is 2.47. The van der Waals surface area contributed by atoms with Crippen LogP contribution in [0.4, 0.5) is 0 Å². The van der Waals surface area contributed by atoms with Crippen molar-refractivity contribution in [2.75, 3.05) is 13.4 Å². The van der Waals surface area contributed by atoms with Crippen LogP contribution in [0.15, 0.2) is 18.2 Å². The number of rotatable bonds is 4. The number of hydrogen-bond donors (Lipinski definition) is 0. The predicted octanol–water partition coefficient (Wildman–Crippen LogP) is 1.52. The highest BCUT2D eigenvalue weighted by Crippen LogP contribution is 2.32. The lowest BCUT2D eigenvalue weighted by atomic mass is 10.2. The van der Waals surface area contributed by atoms with Crippen LogP contribution in [0.3, 0.4) is 0 Å². The fourth-order valence-corrected chi connectivity index (χ4v) is 1.34. The van der Waals surface area contributed by atoms with Crippen molar-refractivity contribution in [2.24, 2.45) is 0 Å². The molecule has 0 unspecified atom stereocenters. The Hall–Kier alpha value is -1.55. The molecule has 1 aliphatic heterocycles. The van der Waals surface area contributed by atoms with Crippen molar-refractivity contribution in [3.8, 4) is 11.5 Å². The van der Waals surface area contributed by atoms with Gasteiger partial charge in [0.2, 0.25) is 6.79 Å². The van der Waals surface area contributed by atoms with Gasteiger partial charge in [0.15, 0.2) is 17.3 Å². The van der Waals surface area contributed by atoms with Crippen LogP contribution in [0.25, 0.3) is 0 Å². The molecular formula is C11H12O4. The summed E-state index contributed by atoms with van der Waals surface area (Å²) in [5, 5.41) is 0.